The molecule has 2 rings (SSSR count). The van der Waals surface area contributed by atoms with E-state index in [-0.39, 0.29) is 0 Å². The van der Waals surface area contributed by atoms with Crippen molar-refractivity contribution >= 4 is 0 Å². The van der Waals surface area contributed by atoms with Gasteiger partial charge in [-0.1, -0.05) is 19.4 Å². The first-order chi connectivity index (χ1) is 10.2. The van der Waals surface area contributed by atoms with Gasteiger partial charge in [0, 0.05) is 0 Å². The van der Waals surface area contributed by atoms with Crippen molar-refractivity contribution in [3.63, 3.8) is 0 Å². The van der Waals surface area contributed by atoms with Gasteiger partial charge in [-0.3, -0.25) is 0 Å². The zero-order chi connectivity index (χ0) is 15.2. The van der Waals surface area contributed by atoms with Gasteiger partial charge in [0.15, 0.2) is 11.5 Å². The van der Waals surface area contributed by atoms with Crippen LogP contribution in [0.15, 0.2) is 18.2 Å². The van der Waals surface area contributed by atoms with E-state index in [1.54, 1.807) is 0 Å². The summed E-state index contributed by atoms with van der Waals surface area (Å²) in [7, 11) is 0. The third kappa shape index (κ3) is 3.91. The van der Waals surface area contributed by atoms with Gasteiger partial charge in [-0.25, -0.2) is 0 Å². The van der Waals surface area contributed by atoms with Crippen LogP contribution in [0.4, 0.5) is 0 Å². The largest absolute Gasteiger partial charge is 0.490 e. The van der Waals surface area contributed by atoms with E-state index < -0.39 is 0 Å². The van der Waals surface area contributed by atoms with E-state index in [9.17, 15) is 0 Å². The van der Waals surface area contributed by atoms with Crippen molar-refractivity contribution in [1.82, 2.24) is 0 Å². The van der Waals surface area contributed by atoms with Crippen LogP contribution in [0.5, 0.6) is 11.5 Å². The van der Waals surface area contributed by atoms with Crippen LogP contribution in [0.3, 0.4) is 0 Å². The van der Waals surface area contributed by atoms with Gasteiger partial charge in [-0.2, -0.15) is 0 Å². The SMILES string of the molecule is CCOc1ccc(C2CC(C)CCC2CN)cc1OCC. The van der Waals surface area contributed by atoms with Gasteiger partial charge in [0.2, 0.25) is 0 Å². The van der Waals surface area contributed by atoms with Gasteiger partial charge >= 0.3 is 0 Å². The lowest BCUT2D eigenvalue weighted by Gasteiger charge is -2.35. The van der Waals surface area contributed by atoms with Gasteiger partial charge in [-0.05, 0) is 68.7 Å². The highest BCUT2D eigenvalue weighted by Crippen LogP contribution is 2.42. The zero-order valence-electron chi connectivity index (χ0n) is 13.6. The van der Waals surface area contributed by atoms with Gasteiger partial charge in [-0.15, -0.1) is 0 Å². The van der Waals surface area contributed by atoms with Crippen LogP contribution in [0.25, 0.3) is 0 Å². The van der Waals surface area contributed by atoms with Crippen molar-refractivity contribution in [2.24, 2.45) is 17.6 Å². The average molecular weight is 291 g/mol. The summed E-state index contributed by atoms with van der Waals surface area (Å²) in [6, 6.07) is 6.41. The molecule has 0 bridgehead atoms. The number of nitrogens with two attached hydrogens (primary N) is 1. The van der Waals surface area contributed by atoms with E-state index >= 15 is 0 Å². The average Bonchev–Trinajstić information content (AvgIpc) is 2.49. The van der Waals surface area contributed by atoms with Gasteiger partial charge in [0.05, 0.1) is 13.2 Å². The van der Waals surface area contributed by atoms with E-state index in [2.05, 4.69) is 25.1 Å². The highest BCUT2D eigenvalue weighted by Gasteiger charge is 2.29. The van der Waals surface area contributed by atoms with Crippen LogP contribution in [-0.4, -0.2) is 19.8 Å². The number of rotatable bonds is 6. The minimum absolute atomic E-state index is 0.550. The van der Waals surface area contributed by atoms with Crippen molar-refractivity contribution in [2.75, 3.05) is 19.8 Å². The zero-order valence-corrected chi connectivity index (χ0v) is 13.6. The Morgan fingerprint density at radius 1 is 1.10 bits per heavy atom. The Hall–Kier alpha value is -1.22. The second-order valence-corrected chi connectivity index (χ2v) is 6.09. The van der Waals surface area contributed by atoms with E-state index in [4.69, 9.17) is 15.2 Å². The summed E-state index contributed by atoms with van der Waals surface area (Å²) < 4.78 is 11.4. The number of hydrogen-bond donors (Lipinski definition) is 1. The molecule has 2 N–H and O–H groups in total. The van der Waals surface area contributed by atoms with Crippen molar-refractivity contribution < 1.29 is 9.47 Å². The van der Waals surface area contributed by atoms with Gasteiger partial charge in [0.25, 0.3) is 0 Å². The first kappa shape index (κ1) is 16.2. The predicted molar refractivity (Wildman–Crippen MR) is 87.1 cm³/mol. The Morgan fingerprint density at radius 3 is 2.48 bits per heavy atom. The summed E-state index contributed by atoms with van der Waals surface area (Å²) >= 11 is 0. The predicted octanol–water partition coefficient (Wildman–Crippen LogP) is 3.96. The molecule has 1 fully saturated rings. The highest BCUT2D eigenvalue weighted by molar-refractivity contribution is 5.44. The topological polar surface area (TPSA) is 44.5 Å². The molecule has 3 atom stereocenters. The lowest BCUT2D eigenvalue weighted by atomic mass is 9.71. The lowest BCUT2D eigenvalue weighted by Crippen LogP contribution is -2.28. The molecule has 1 aromatic rings. The van der Waals surface area contributed by atoms with Gasteiger partial charge in [0.1, 0.15) is 0 Å². The molecule has 118 valence electrons. The molecule has 1 aromatic carbocycles. The highest BCUT2D eigenvalue weighted by atomic mass is 16.5. The molecule has 0 heterocycles. The molecule has 3 nitrogen and oxygen atoms in total. The van der Waals surface area contributed by atoms with Crippen LogP contribution in [0, 0.1) is 11.8 Å². The quantitative estimate of drug-likeness (QED) is 0.862. The molecule has 0 aliphatic heterocycles. The summed E-state index contributed by atoms with van der Waals surface area (Å²) in [5, 5.41) is 0. The summed E-state index contributed by atoms with van der Waals surface area (Å²) in [5.41, 5.74) is 7.35. The second-order valence-electron chi connectivity index (χ2n) is 6.09. The normalized spacial score (nSPS) is 25.6. The molecule has 0 spiro atoms. The van der Waals surface area contributed by atoms with E-state index in [1.807, 2.05) is 13.8 Å². The fraction of sp³-hybridized carbons (Fsp3) is 0.667. The van der Waals surface area contributed by atoms with Crippen LogP contribution < -0.4 is 15.2 Å². The molecular weight excluding hydrogens is 262 g/mol. The van der Waals surface area contributed by atoms with Crippen molar-refractivity contribution in [3.05, 3.63) is 23.8 Å². The third-order valence-electron chi connectivity index (χ3n) is 4.55. The molecule has 0 aromatic heterocycles. The standard InChI is InChI=1S/C18H29NO2/c1-4-20-17-9-8-14(11-18(17)21-5-2)16-10-13(3)6-7-15(16)12-19/h8-9,11,13,15-16H,4-7,10,12,19H2,1-3H3. The molecule has 0 saturated heterocycles. The maximum atomic E-state index is 5.99. The van der Waals surface area contributed by atoms with Crippen molar-refractivity contribution in [3.8, 4) is 11.5 Å². The minimum atomic E-state index is 0.550. The third-order valence-corrected chi connectivity index (χ3v) is 4.55. The van der Waals surface area contributed by atoms with Crippen LogP contribution >= 0.6 is 0 Å². The lowest BCUT2D eigenvalue weighted by molar-refractivity contribution is 0.251. The Morgan fingerprint density at radius 2 is 1.81 bits per heavy atom. The fourth-order valence-electron chi connectivity index (χ4n) is 3.43. The summed E-state index contributed by atoms with van der Waals surface area (Å²) in [6.07, 6.45) is 3.76. The van der Waals surface area contributed by atoms with E-state index in [1.165, 1.54) is 24.8 Å². The molecule has 3 heteroatoms. The molecule has 3 unspecified atom stereocenters. The smallest absolute Gasteiger partial charge is 0.161 e. The number of benzene rings is 1. The Balaban J connectivity index is 2.26. The van der Waals surface area contributed by atoms with Crippen LogP contribution in [-0.2, 0) is 0 Å². The Bertz CT molecular complexity index is 447. The fourth-order valence-corrected chi connectivity index (χ4v) is 3.43. The van der Waals surface area contributed by atoms with Crippen LogP contribution in [0.2, 0.25) is 0 Å². The van der Waals surface area contributed by atoms with Crippen molar-refractivity contribution in [2.45, 2.75) is 46.0 Å². The number of hydrogen-bond acceptors (Lipinski definition) is 3. The summed E-state index contributed by atoms with van der Waals surface area (Å²) in [6.45, 7) is 8.44. The van der Waals surface area contributed by atoms with Crippen molar-refractivity contribution in [1.29, 1.82) is 0 Å². The molecular formula is C18H29NO2. The first-order valence-electron chi connectivity index (χ1n) is 8.29. The first-order valence-corrected chi connectivity index (χ1v) is 8.29. The van der Waals surface area contributed by atoms with E-state index in [0.717, 1.165) is 24.0 Å². The molecule has 0 amide bonds. The molecule has 0 radical (unpaired) electrons. The Labute approximate surface area is 128 Å². The molecule has 1 aliphatic carbocycles. The van der Waals surface area contributed by atoms with Gasteiger partial charge < -0.3 is 15.2 Å². The van der Waals surface area contributed by atoms with Crippen LogP contribution in [0.1, 0.15) is 51.5 Å². The second kappa shape index (κ2) is 7.69. The van der Waals surface area contributed by atoms with E-state index in [0.29, 0.717) is 25.0 Å². The monoisotopic (exact) mass is 291 g/mol. The molecule has 1 aliphatic rings. The summed E-state index contributed by atoms with van der Waals surface area (Å²) in [4.78, 5) is 0. The molecule has 21 heavy (non-hydrogen) atoms. The maximum absolute atomic E-state index is 5.99. The number of ether oxygens (including phenoxy) is 2. The summed E-state index contributed by atoms with van der Waals surface area (Å²) in [5.74, 6) is 3.63. The maximum Gasteiger partial charge on any atom is 0.161 e. The minimum Gasteiger partial charge on any atom is -0.490 e. The Kier molecular flexibility index (Phi) is 5.92. The molecule has 1 saturated carbocycles.